The molecule has 2 rings (SSSR count). The summed E-state index contributed by atoms with van der Waals surface area (Å²) in [6, 6.07) is 5.12. The Morgan fingerprint density at radius 3 is 2.93 bits per heavy atom. The molecule has 0 saturated carbocycles. The fourth-order valence-corrected chi connectivity index (χ4v) is 1.81. The van der Waals surface area contributed by atoms with Crippen LogP contribution in [0.1, 0.15) is 6.42 Å². The van der Waals surface area contributed by atoms with Crippen molar-refractivity contribution in [3.63, 3.8) is 0 Å². The largest absolute Gasteiger partial charge is 0.320 e. The van der Waals surface area contributed by atoms with Gasteiger partial charge in [0.15, 0.2) is 0 Å². The lowest BCUT2D eigenvalue weighted by atomic mass is 10.3. The molecule has 0 aromatic carbocycles. The number of carbonyl (C=O) groups excluding carboxylic acids is 1. The molecular formula is C9H10BrN3O. The Morgan fingerprint density at radius 1 is 1.57 bits per heavy atom. The maximum Gasteiger partial charge on any atom is 0.245 e. The maximum atomic E-state index is 11.6. The Kier molecular flexibility index (Phi) is 2.52. The zero-order valence-electron chi connectivity index (χ0n) is 7.48. The predicted octanol–water partition coefficient (Wildman–Crippen LogP) is 0.908. The Balaban J connectivity index is 2.28. The van der Waals surface area contributed by atoms with Crippen molar-refractivity contribution in [1.29, 1.82) is 0 Å². The molecule has 0 bridgehead atoms. The van der Waals surface area contributed by atoms with Crippen molar-refractivity contribution in [2.75, 3.05) is 11.4 Å². The fraction of sp³-hybridized carbons (Fsp3) is 0.333. The van der Waals surface area contributed by atoms with E-state index in [0.717, 1.165) is 4.60 Å². The van der Waals surface area contributed by atoms with Gasteiger partial charge in [0.25, 0.3) is 0 Å². The second kappa shape index (κ2) is 3.67. The van der Waals surface area contributed by atoms with Gasteiger partial charge >= 0.3 is 0 Å². The van der Waals surface area contributed by atoms with Crippen molar-refractivity contribution >= 4 is 27.7 Å². The minimum absolute atomic E-state index is 0.0457. The SMILES string of the molecule is NC1CCN(c2cccc(Br)n2)C1=O. The number of halogens is 1. The summed E-state index contributed by atoms with van der Waals surface area (Å²) in [5.41, 5.74) is 5.61. The van der Waals surface area contributed by atoms with Crippen LogP contribution in [0.2, 0.25) is 0 Å². The second-order valence-corrected chi connectivity index (χ2v) is 4.02. The molecule has 1 aliphatic rings. The lowest BCUT2D eigenvalue weighted by Gasteiger charge is -2.14. The van der Waals surface area contributed by atoms with Crippen LogP contribution in [0.15, 0.2) is 22.8 Å². The van der Waals surface area contributed by atoms with Gasteiger partial charge in [-0.25, -0.2) is 4.98 Å². The van der Waals surface area contributed by atoms with Crippen LogP contribution < -0.4 is 10.6 Å². The third-order valence-electron chi connectivity index (χ3n) is 2.22. The number of hydrogen-bond acceptors (Lipinski definition) is 3. The average Bonchev–Trinajstić information content (AvgIpc) is 2.48. The molecular weight excluding hydrogens is 246 g/mol. The predicted molar refractivity (Wildman–Crippen MR) is 56.9 cm³/mol. The summed E-state index contributed by atoms with van der Waals surface area (Å²) in [5, 5.41) is 0. The highest BCUT2D eigenvalue weighted by Crippen LogP contribution is 2.20. The van der Waals surface area contributed by atoms with Gasteiger partial charge in [-0.1, -0.05) is 6.07 Å². The van der Waals surface area contributed by atoms with Crippen LogP contribution in [0, 0.1) is 0 Å². The van der Waals surface area contributed by atoms with E-state index in [-0.39, 0.29) is 11.9 Å². The lowest BCUT2D eigenvalue weighted by Crippen LogP contribution is -2.34. The molecule has 0 spiro atoms. The van der Waals surface area contributed by atoms with Crippen LogP contribution >= 0.6 is 15.9 Å². The van der Waals surface area contributed by atoms with E-state index in [1.54, 1.807) is 11.0 Å². The summed E-state index contributed by atoms with van der Waals surface area (Å²) in [5.74, 6) is 0.618. The van der Waals surface area contributed by atoms with Gasteiger partial charge in [-0.2, -0.15) is 0 Å². The van der Waals surface area contributed by atoms with Crippen LogP contribution in [-0.2, 0) is 4.79 Å². The van der Waals surface area contributed by atoms with Gasteiger partial charge in [-0.3, -0.25) is 9.69 Å². The molecule has 74 valence electrons. The first-order valence-electron chi connectivity index (χ1n) is 4.38. The van der Waals surface area contributed by atoms with Crippen LogP contribution in [-0.4, -0.2) is 23.5 Å². The molecule has 1 atom stereocenters. The van der Waals surface area contributed by atoms with Crippen molar-refractivity contribution in [3.05, 3.63) is 22.8 Å². The van der Waals surface area contributed by atoms with Gasteiger partial charge in [0.2, 0.25) is 5.91 Å². The van der Waals surface area contributed by atoms with Gasteiger partial charge in [0.1, 0.15) is 10.4 Å². The highest BCUT2D eigenvalue weighted by atomic mass is 79.9. The Bertz CT molecular complexity index is 369. The molecule has 1 aromatic heterocycles. The van der Waals surface area contributed by atoms with Gasteiger partial charge < -0.3 is 5.73 Å². The standard InChI is InChI=1S/C9H10BrN3O/c10-7-2-1-3-8(12-7)13-5-4-6(11)9(13)14/h1-3,6H,4-5,11H2. The van der Waals surface area contributed by atoms with E-state index in [1.165, 1.54) is 0 Å². The summed E-state index contributed by atoms with van der Waals surface area (Å²) in [4.78, 5) is 17.4. The van der Waals surface area contributed by atoms with E-state index >= 15 is 0 Å². The monoisotopic (exact) mass is 255 g/mol. The lowest BCUT2D eigenvalue weighted by molar-refractivity contribution is -0.118. The van der Waals surface area contributed by atoms with E-state index in [9.17, 15) is 4.79 Å². The fourth-order valence-electron chi connectivity index (χ4n) is 1.48. The molecule has 1 amide bonds. The average molecular weight is 256 g/mol. The molecule has 0 aliphatic carbocycles. The Labute approximate surface area is 90.2 Å². The van der Waals surface area contributed by atoms with Gasteiger partial charge in [0.05, 0.1) is 6.04 Å². The molecule has 1 unspecified atom stereocenters. The Morgan fingerprint density at radius 2 is 2.36 bits per heavy atom. The van der Waals surface area contributed by atoms with Crippen LogP contribution in [0.4, 0.5) is 5.82 Å². The number of carbonyl (C=O) groups is 1. The topological polar surface area (TPSA) is 59.2 Å². The van der Waals surface area contributed by atoms with E-state index in [2.05, 4.69) is 20.9 Å². The highest BCUT2D eigenvalue weighted by Gasteiger charge is 2.30. The quantitative estimate of drug-likeness (QED) is 0.760. The zero-order chi connectivity index (χ0) is 10.1. The summed E-state index contributed by atoms with van der Waals surface area (Å²) in [6.45, 7) is 0.656. The summed E-state index contributed by atoms with van der Waals surface area (Å²) < 4.78 is 0.725. The number of aromatic nitrogens is 1. The number of amides is 1. The number of hydrogen-bond donors (Lipinski definition) is 1. The zero-order valence-corrected chi connectivity index (χ0v) is 9.07. The summed E-state index contributed by atoms with van der Waals surface area (Å²) >= 11 is 3.26. The van der Waals surface area contributed by atoms with Crippen LogP contribution in [0.3, 0.4) is 0 Å². The molecule has 1 fully saturated rings. The van der Waals surface area contributed by atoms with E-state index in [1.807, 2.05) is 12.1 Å². The number of anilines is 1. The maximum absolute atomic E-state index is 11.6. The summed E-state index contributed by atoms with van der Waals surface area (Å²) in [7, 11) is 0. The van der Waals surface area contributed by atoms with E-state index in [4.69, 9.17) is 5.73 Å². The molecule has 5 heteroatoms. The second-order valence-electron chi connectivity index (χ2n) is 3.20. The smallest absolute Gasteiger partial charge is 0.245 e. The van der Waals surface area contributed by atoms with Crippen molar-refractivity contribution < 1.29 is 4.79 Å². The van der Waals surface area contributed by atoms with E-state index in [0.29, 0.717) is 18.8 Å². The number of pyridine rings is 1. The third-order valence-corrected chi connectivity index (χ3v) is 2.67. The molecule has 0 radical (unpaired) electrons. The molecule has 2 heterocycles. The number of rotatable bonds is 1. The minimum atomic E-state index is -0.365. The molecule has 1 aromatic rings. The number of nitrogens with zero attached hydrogens (tertiary/aromatic N) is 2. The first-order chi connectivity index (χ1) is 6.68. The van der Waals surface area contributed by atoms with Crippen molar-refractivity contribution in [2.45, 2.75) is 12.5 Å². The van der Waals surface area contributed by atoms with Crippen molar-refractivity contribution in [3.8, 4) is 0 Å². The molecule has 1 saturated heterocycles. The van der Waals surface area contributed by atoms with Gasteiger partial charge in [-0.15, -0.1) is 0 Å². The first-order valence-corrected chi connectivity index (χ1v) is 5.17. The normalized spacial score (nSPS) is 21.7. The first kappa shape index (κ1) is 9.61. The molecule has 1 aliphatic heterocycles. The Hall–Kier alpha value is -0.940. The molecule has 2 N–H and O–H groups in total. The minimum Gasteiger partial charge on any atom is -0.320 e. The highest BCUT2D eigenvalue weighted by molar-refractivity contribution is 9.10. The van der Waals surface area contributed by atoms with Crippen molar-refractivity contribution in [1.82, 2.24) is 4.98 Å². The number of nitrogens with two attached hydrogens (primary N) is 1. The van der Waals surface area contributed by atoms with Gasteiger partial charge in [0, 0.05) is 6.54 Å². The van der Waals surface area contributed by atoms with Gasteiger partial charge in [-0.05, 0) is 34.5 Å². The van der Waals surface area contributed by atoms with Crippen LogP contribution in [0.5, 0.6) is 0 Å². The summed E-state index contributed by atoms with van der Waals surface area (Å²) in [6.07, 6.45) is 0.701. The van der Waals surface area contributed by atoms with Crippen molar-refractivity contribution in [2.24, 2.45) is 5.73 Å². The third kappa shape index (κ3) is 1.65. The van der Waals surface area contributed by atoms with Crippen LogP contribution in [0.25, 0.3) is 0 Å². The molecule has 14 heavy (non-hydrogen) atoms. The molecule has 4 nitrogen and oxygen atoms in total. The van der Waals surface area contributed by atoms with E-state index < -0.39 is 0 Å².